The van der Waals surface area contributed by atoms with Gasteiger partial charge in [-0.05, 0) is 42.0 Å². The van der Waals surface area contributed by atoms with Crippen molar-refractivity contribution in [2.24, 2.45) is 0 Å². The number of phenols is 1. The van der Waals surface area contributed by atoms with Gasteiger partial charge >= 0.3 is 0 Å². The summed E-state index contributed by atoms with van der Waals surface area (Å²) >= 11 is 3.33. The summed E-state index contributed by atoms with van der Waals surface area (Å²) in [7, 11) is 0. The molecule has 1 N–H and O–H groups in total. The Morgan fingerprint density at radius 3 is 2.58 bits per heavy atom. The Hall–Kier alpha value is -2.07. The van der Waals surface area contributed by atoms with Gasteiger partial charge in [0.15, 0.2) is 5.76 Å². The highest BCUT2D eigenvalue weighted by Crippen LogP contribution is 2.33. The van der Waals surface area contributed by atoms with Gasteiger partial charge in [-0.15, -0.1) is 0 Å². The molecule has 0 saturated heterocycles. The van der Waals surface area contributed by atoms with Gasteiger partial charge in [0.25, 0.3) is 0 Å². The van der Waals surface area contributed by atoms with E-state index >= 15 is 0 Å². The molecule has 19 heavy (non-hydrogen) atoms. The molecule has 0 amide bonds. The zero-order valence-electron chi connectivity index (χ0n) is 9.76. The molecule has 0 fully saturated rings. The fraction of sp³-hybridized carbons (Fsp3) is 0. The number of ether oxygens (including phenoxy) is 1. The van der Waals surface area contributed by atoms with Crippen LogP contribution in [0.3, 0.4) is 0 Å². The van der Waals surface area contributed by atoms with Gasteiger partial charge in [-0.25, -0.2) is 0 Å². The minimum Gasteiger partial charge on any atom is -0.508 e. The number of hydrogen-bond donors (Lipinski definition) is 1. The molecule has 3 nitrogen and oxygen atoms in total. The number of benzene rings is 2. The third-order valence-corrected chi connectivity index (χ3v) is 3.31. The molecule has 3 rings (SSSR count). The van der Waals surface area contributed by atoms with Crippen LogP contribution in [0.25, 0.3) is 6.08 Å². The molecular formula is C15H9BrO3. The maximum absolute atomic E-state index is 12.2. The summed E-state index contributed by atoms with van der Waals surface area (Å²) in [5.74, 6) is 0.912. The zero-order valence-corrected chi connectivity index (χ0v) is 11.3. The van der Waals surface area contributed by atoms with Crippen LogP contribution in [0.2, 0.25) is 0 Å². The topological polar surface area (TPSA) is 46.5 Å². The van der Waals surface area contributed by atoms with E-state index in [2.05, 4.69) is 15.9 Å². The first kappa shape index (κ1) is 12.0. The van der Waals surface area contributed by atoms with Crippen molar-refractivity contribution in [2.45, 2.75) is 0 Å². The number of aromatic hydroxyl groups is 1. The lowest BCUT2D eigenvalue weighted by Gasteiger charge is -1.98. The molecule has 2 aromatic rings. The van der Waals surface area contributed by atoms with Crippen molar-refractivity contribution in [3.8, 4) is 11.5 Å². The second-order valence-electron chi connectivity index (χ2n) is 4.17. The molecule has 0 bridgehead atoms. The molecule has 94 valence electrons. The van der Waals surface area contributed by atoms with E-state index in [1.165, 1.54) is 0 Å². The zero-order chi connectivity index (χ0) is 13.4. The van der Waals surface area contributed by atoms with Gasteiger partial charge in [-0.2, -0.15) is 0 Å². The van der Waals surface area contributed by atoms with E-state index in [9.17, 15) is 9.90 Å². The Kier molecular flexibility index (Phi) is 2.87. The van der Waals surface area contributed by atoms with Gasteiger partial charge in [0.05, 0.1) is 5.56 Å². The number of Topliss-reactive ketones (excluding diaryl/α,β-unsaturated/α-hetero) is 1. The average molecular weight is 317 g/mol. The molecule has 0 atom stereocenters. The van der Waals surface area contributed by atoms with Crippen molar-refractivity contribution >= 4 is 27.8 Å². The average Bonchev–Trinajstić information content (AvgIpc) is 2.70. The summed E-state index contributed by atoms with van der Waals surface area (Å²) in [6.07, 6.45) is 1.66. The SMILES string of the molecule is O=C1C(=Cc2ccc(O)cc2)Oc2ccc(Br)cc21. The number of carbonyl (C=O) groups excluding carboxylic acids is 1. The fourth-order valence-electron chi connectivity index (χ4n) is 1.88. The van der Waals surface area contributed by atoms with Crippen LogP contribution in [-0.4, -0.2) is 10.9 Å². The van der Waals surface area contributed by atoms with Crippen LogP contribution in [0.1, 0.15) is 15.9 Å². The van der Waals surface area contributed by atoms with Gasteiger partial charge in [0.2, 0.25) is 5.78 Å². The quantitative estimate of drug-likeness (QED) is 0.815. The van der Waals surface area contributed by atoms with Gasteiger partial charge < -0.3 is 9.84 Å². The number of ketones is 1. The van der Waals surface area contributed by atoms with Crippen LogP contribution >= 0.6 is 15.9 Å². The van der Waals surface area contributed by atoms with E-state index in [1.54, 1.807) is 42.5 Å². The van der Waals surface area contributed by atoms with E-state index < -0.39 is 0 Å². The number of allylic oxidation sites excluding steroid dienone is 1. The number of rotatable bonds is 1. The molecular weight excluding hydrogens is 308 g/mol. The molecule has 0 saturated carbocycles. The number of halogens is 1. The lowest BCUT2D eigenvalue weighted by Crippen LogP contribution is -1.97. The predicted molar refractivity (Wildman–Crippen MR) is 75.2 cm³/mol. The van der Waals surface area contributed by atoms with Crippen LogP contribution in [0.15, 0.2) is 52.7 Å². The maximum atomic E-state index is 12.2. The van der Waals surface area contributed by atoms with Crippen molar-refractivity contribution in [3.63, 3.8) is 0 Å². The van der Waals surface area contributed by atoms with E-state index in [1.807, 2.05) is 6.07 Å². The Labute approximate surface area is 118 Å². The van der Waals surface area contributed by atoms with E-state index in [0.29, 0.717) is 17.1 Å². The second-order valence-corrected chi connectivity index (χ2v) is 5.09. The van der Waals surface area contributed by atoms with E-state index in [4.69, 9.17) is 4.74 Å². The van der Waals surface area contributed by atoms with Gasteiger partial charge in [-0.3, -0.25) is 4.79 Å². The molecule has 4 heteroatoms. The Bertz CT molecular complexity index is 687. The first-order chi connectivity index (χ1) is 9.13. The molecule has 0 spiro atoms. The Morgan fingerprint density at radius 1 is 1.11 bits per heavy atom. The first-order valence-electron chi connectivity index (χ1n) is 5.66. The largest absolute Gasteiger partial charge is 0.508 e. The van der Waals surface area contributed by atoms with Crippen LogP contribution in [0, 0.1) is 0 Å². The molecule has 1 aliphatic rings. The molecule has 0 aromatic heterocycles. The summed E-state index contributed by atoms with van der Waals surface area (Å²) in [6.45, 7) is 0. The highest BCUT2D eigenvalue weighted by Gasteiger charge is 2.27. The van der Waals surface area contributed by atoms with Crippen molar-refractivity contribution < 1.29 is 14.6 Å². The third-order valence-electron chi connectivity index (χ3n) is 2.82. The van der Waals surface area contributed by atoms with Gasteiger partial charge in [0, 0.05) is 4.47 Å². The molecule has 0 radical (unpaired) electrons. The highest BCUT2D eigenvalue weighted by atomic mass is 79.9. The van der Waals surface area contributed by atoms with Crippen molar-refractivity contribution in [1.29, 1.82) is 0 Å². The fourth-order valence-corrected chi connectivity index (χ4v) is 2.24. The van der Waals surface area contributed by atoms with Crippen LogP contribution < -0.4 is 4.74 Å². The van der Waals surface area contributed by atoms with Gasteiger partial charge in [0.1, 0.15) is 11.5 Å². The van der Waals surface area contributed by atoms with Crippen LogP contribution in [0.5, 0.6) is 11.5 Å². The summed E-state index contributed by atoms with van der Waals surface area (Å²) in [4.78, 5) is 12.2. The smallest absolute Gasteiger partial charge is 0.232 e. The Morgan fingerprint density at radius 2 is 1.84 bits per heavy atom. The minimum atomic E-state index is -0.135. The number of carbonyl (C=O) groups is 1. The lowest BCUT2D eigenvalue weighted by atomic mass is 10.1. The number of fused-ring (bicyclic) bond motifs is 1. The van der Waals surface area contributed by atoms with Crippen LogP contribution in [-0.2, 0) is 0 Å². The van der Waals surface area contributed by atoms with Crippen molar-refractivity contribution in [2.75, 3.05) is 0 Å². The summed E-state index contributed by atoms with van der Waals surface area (Å²) in [5, 5.41) is 9.22. The van der Waals surface area contributed by atoms with E-state index in [0.717, 1.165) is 10.0 Å². The third kappa shape index (κ3) is 2.27. The molecule has 1 heterocycles. The maximum Gasteiger partial charge on any atom is 0.232 e. The minimum absolute atomic E-state index is 0.135. The number of phenolic OH excluding ortho intramolecular Hbond substituents is 1. The summed E-state index contributed by atoms with van der Waals surface area (Å²) in [5.41, 5.74) is 1.35. The normalized spacial score (nSPS) is 15.4. The monoisotopic (exact) mass is 316 g/mol. The summed E-state index contributed by atoms with van der Waals surface area (Å²) < 4.78 is 6.38. The second kappa shape index (κ2) is 4.55. The van der Waals surface area contributed by atoms with E-state index in [-0.39, 0.29) is 11.5 Å². The summed E-state index contributed by atoms with van der Waals surface area (Å²) in [6, 6.07) is 11.9. The van der Waals surface area contributed by atoms with Crippen molar-refractivity contribution in [3.05, 3.63) is 63.8 Å². The van der Waals surface area contributed by atoms with Crippen molar-refractivity contribution in [1.82, 2.24) is 0 Å². The molecule has 2 aromatic carbocycles. The highest BCUT2D eigenvalue weighted by molar-refractivity contribution is 9.10. The number of hydrogen-bond acceptors (Lipinski definition) is 3. The molecule has 1 aliphatic heterocycles. The Balaban J connectivity index is 1.97. The first-order valence-corrected chi connectivity index (χ1v) is 6.45. The molecule has 0 unspecified atom stereocenters. The van der Waals surface area contributed by atoms with Gasteiger partial charge in [-0.1, -0.05) is 28.1 Å². The van der Waals surface area contributed by atoms with Crippen LogP contribution in [0.4, 0.5) is 0 Å². The lowest BCUT2D eigenvalue weighted by molar-refractivity contribution is 0.101. The predicted octanol–water partition coefficient (Wildman–Crippen LogP) is 3.77. The molecule has 0 aliphatic carbocycles. The standard InChI is InChI=1S/C15H9BrO3/c16-10-3-6-13-12(8-10)15(18)14(19-13)7-9-1-4-11(17)5-2-9/h1-8,17H.